The van der Waals surface area contributed by atoms with Gasteiger partial charge in [-0.3, -0.25) is 4.90 Å². The Bertz CT molecular complexity index is 562. The number of nitrogens with zero attached hydrogens (tertiary/aromatic N) is 2. The number of aromatic amines is 1. The van der Waals surface area contributed by atoms with E-state index in [-0.39, 0.29) is 0 Å². The minimum absolute atomic E-state index is 0.769. The summed E-state index contributed by atoms with van der Waals surface area (Å²) in [5.74, 6) is 0.769. The summed E-state index contributed by atoms with van der Waals surface area (Å²) in [6.45, 7) is 5.23. The van der Waals surface area contributed by atoms with Gasteiger partial charge in [0.15, 0.2) is 0 Å². The summed E-state index contributed by atoms with van der Waals surface area (Å²) >= 11 is 6.24. The summed E-state index contributed by atoms with van der Waals surface area (Å²) in [7, 11) is 0. The van der Waals surface area contributed by atoms with Crippen molar-refractivity contribution < 1.29 is 0 Å². The molecule has 0 atom stereocenters. The quantitative estimate of drug-likeness (QED) is 0.860. The molecule has 0 bridgehead atoms. The molecule has 3 rings (SSSR count). The molecule has 1 aromatic carbocycles. The van der Waals surface area contributed by atoms with E-state index in [0.29, 0.717) is 0 Å². The molecule has 0 amide bonds. The summed E-state index contributed by atoms with van der Waals surface area (Å²) in [6, 6.07) is 8.15. The molecule has 4 nitrogen and oxygen atoms in total. The van der Waals surface area contributed by atoms with Crippen LogP contribution in [0.2, 0.25) is 5.02 Å². The summed E-state index contributed by atoms with van der Waals surface area (Å²) in [4.78, 5) is 9.66. The second-order valence-corrected chi connectivity index (χ2v) is 6.43. The largest absolute Gasteiger partial charge is 0.347 e. The predicted molar refractivity (Wildman–Crippen MR) is 89.7 cm³/mol. The lowest BCUT2D eigenvalue weighted by atomic mass is 9.96. The Labute approximate surface area is 136 Å². The van der Waals surface area contributed by atoms with Gasteiger partial charge in [0.05, 0.1) is 6.33 Å². The van der Waals surface area contributed by atoms with Crippen molar-refractivity contribution in [3.8, 4) is 0 Å². The molecule has 0 saturated carbocycles. The molecule has 1 saturated heterocycles. The highest BCUT2D eigenvalue weighted by molar-refractivity contribution is 6.31. The van der Waals surface area contributed by atoms with Crippen molar-refractivity contribution in [2.24, 2.45) is 5.92 Å². The van der Waals surface area contributed by atoms with Gasteiger partial charge in [0.25, 0.3) is 0 Å². The summed E-state index contributed by atoms with van der Waals surface area (Å²) in [5.41, 5.74) is 2.39. The number of benzene rings is 1. The van der Waals surface area contributed by atoms with Gasteiger partial charge in [-0.05, 0) is 50.0 Å². The Morgan fingerprint density at radius 2 is 2.09 bits per heavy atom. The summed E-state index contributed by atoms with van der Waals surface area (Å²) in [6.07, 6.45) is 6.10. The fourth-order valence-corrected chi connectivity index (χ4v) is 3.20. The Hall–Kier alpha value is -1.36. The third-order valence-corrected chi connectivity index (χ3v) is 4.73. The van der Waals surface area contributed by atoms with Crippen molar-refractivity contribution in [3.63, 3.8) is 0 Å². The molecule has 2 N–H and O–H groups in total. The normalized spacial score (nSPS) is 17.0. The molecule has 0 unspecified atom stereocenters. The molecule has 1 aliphatic rings. The van der Waals surface area contributed by atoms with Crippen LogP contribution in [0.4, 0.5) is 0 Å². The smallest absolute Gasteiger partial charge is 0.0922 e. The summed E-state index contributed by atoms with van der Waals surface area (Å²) < 4.78 is 0. The van der Waals surface area contributed by atoms with Gasteiger partial charge in [-0.1, -0.05) is 29.8 Å². The Balaban J connectivity index is 1.38. The standard InChI is InChI=1S/C17H23ClN4/c18-17-4-2-1-3-15(17)12-22-7-5-14(6-8-22)9-19-10-16-11-20-13-21-16/h1-4,11,13-14,19H,5-10,12H2,(H,20,21). The second kappa shape index (κ2) is 7.77. The van der Waals surface area contributed by atoms with E-state index < -0.39 is 0 Å². The molecule has 118 valence electrons. The zero-order chi connectivity index (χ0) is 15.2. The number of hydrogen-bond acceptors (Lipinski definition) is 3. The number of piperidine rings is 1. The lowest BCUT2D eigenvalue weighted by Gasteiger charge is -2.32. The molecule has 1 aromatic heterocycles. The number of imidazole rings is 1. The Kier molecular flexibility index (Phi) is 5.48. The van der Waals surface area contributed by atoms with E-state index in [1.165, 1.54) is 18.4 Å². The van der Waals surface area contributed by atoms with Crippen LogP contribution in [-0.4, -0.2) is 34.5 Å². The van der Waals surface area contributed by atoms with E-state index in [2.05, 4.69) is 32.3 Å². The van der Waals surface area contributed by atoms with Crippen LogP contribution in [0.1, 0.15) is 24.1 Å². The number of H-pyrrole nitrogens is 1. The first-order valence-corrected chi connectivity index (χ1v) is 8.33. The van der Waals surface area contributed by atoms with Crippen LogP contribution in [-0.2, 0) is 13.1 Å². The van der Waals surface area contributed by atoms with Gasteiger partial charge in [-0.15, -0.1) is 0 Å². The van der Waals surface area contributed by atoms with Crippen LogP contribution in [0.3, 0.4) is 0 Å². The van der Waals surface area contributed by atoms with Crippen molar-refractivity contribution in [3.05, 3.63) is 53.1 Å². The van der Waals surface area contributed by atoms with E-state index in [0.717, 1.165) is 49.4 Å². The summed E-state index contributed by atoms with van der Waals surface area (Å²) in [5, 5.41) is 4.40. The maximum Gasteiger partial charge on any atom is 0.0922 e. The van der Waals surface area contributed by atoms with Gasteiger partial charge in [0.1, 0.15) is 0 Å². The minimum Gasteiger partial charge on any atom is -0.347 e. The van der Waals surface area contributed by atoms with Gasteiger partial charge in [0.2, 0.25) is 0 Å². The highest BCUT2D eigenvalue weighted by Crippen LogP contribution is 2.21. The molecular formula is C17H23ClN4. The van der Waals surface area contributed by atoms with Crippen LogP contribution < -0.4 is 5.32 Å². The van der Waals surface area contributed by atoms with Crippen molar-refractivity contribution in [2.45, 2.75) is 25.9 Å². The molecular weight excluding hydrogens is 296 g/mol. The third kappa shape index (κ3) is 4.32. The van der Waals surface area contributed by atoms with Crippen LogP contribution in [0.25, 0.3) is 0 Å². The van der Waals surface area contributed by atoms with Crippen LogP contribution in [0, 0.1) is 5.92 Å². The number of hydrogen-bond donors (Lipinski definition) is 2. The molecule has 2 heterocycles. The topological polar surface area (TPSA) is 44.0 Å². The van der Waals surface area contributed by atoms with Gasteiger partial charge in [0, 0.05) is 30.0 Å². The molecule has 1 fully saturated rings. The molecule has 22 heavy (non-hydrogen) atoms. The fraction of sp³-hybridized carbons (Fsp3) is 0.471. The predicted octanol–water partition coefficient (Wildman–Crippen LogP) is 3.06. The van der Waals surface area contributed by atoms with E-state index in [4.69, 9.17) is 11.6 Å². The lowest BCUT2D eigenvalue weighted by Crippen LogP contribution is -2.36. The minimum atomic E-state index is 0.769. The molecule has 0 radical (unpaired) electrons. The van der Waals surface area contributed by atoms with Crippen molar-refractivity contribution >= 4 is 11.6 Å². The SMILES string of the molecule is Clc1ccccc1CN1CCC(CNCc2cnc[nH]2)CC1. The fourth-order valence-electron chi connectivity index (χ4n) is 3.01. The Morgan fingerprint density at radius 1 is 1.27 bits per heavy atom. The molecule has 1 aliphatic heterocycles. The molecule has 2 aromatic rings. The van der Waals surface area contributed by atoms with Crippen LogP contribution >= 0.6 is 11.6 Å². The van der Waals surface area contributed by atoms with Crippen molar-refractivity contribution in [1.82, 2.24) is 20.2 Å². The highest BCUT2D eigenvalue weighted by atomic mass is 35.5. The number of likely N-dealkylation sites (tertiary alicyclic amines) is 1. The monoisotopic (exact) mass is 318 g/mol. The second-order valence-electron chi connectivity index (χ2n) is 6.02. The van der Waals surface area contributed by atoms with Gasteiger partial charge in [-0.25, -0.2) is 4.98 Å². The first kappa shape index (κ1) is 15.5. The maximum atomic E-state index is 6.24. The van der Waals surface area contributed by atoms with E-state index >= 15 is 0 Å². The van der Waals surface area contributed by atoms with Crippen LogP contribution in [0.5, 0.6) is 0 Å². The van der Waals surface area contributed by atoms with Crippen molar-refractivity contribution in [1.29, 1.82) is 0 Å². The number of aromatic nitrogens is 2. The van der Waals surface area contributed by atoms with E-state index in [9.17, 15) is 0 Å². The number of halogens is 1. The maximum absolute atomic E-state index is 6.24. The van der Waals surface area contributed by atoms with Gasteiger partial charge in [-0.2, -0.15) is 0 Å². The van der Waals surface area contributed by atoms with E-state index in [1.54, 1.807) is 6.33 Å². The zero-order valence-corrected chi connectivity index (χ0v) is 13.5. The molecule has 0 spiro atoms. The number of rotatable bonds is 6. The first-order valence-electron chi connectivity index (χ1n) is 7.95. The Morgan fingerprint density at radius 3 is 2.82 bits per heavy atom. The molecule has 0 aliphatic carbocycles. The highest BCUT2D eigenvalue weighted by Gasteiger charge is 2.19. The number of nitrogens with one attached hydrogen (secondary N) is 2. The van der Waals surface area contributed by atoms with Crippen LogP contribution in [0.15, 0.2) is 36.8 Å². The first-order chi connectivity index (χ1) is 10.8. The average Bonchev–Trinajstić information content (AvgIpc) is 3.05. The average molecular weight is 319 g/mol. The lowest BCUT2D eigenvalue weighted by molar-refractivity contribution is 0.175. The van der Waals surface area contributed by atoms with Crippen molar-refractivity contribution in [2.75, 3.05) is 19.6 Å². The van der Waals surface area contributed by atoms with E-state index in [1.807, 2.05) is 18.3 Å². The van der Waals surface area contributed by atoms with Gasteiger partial charge >= 0.3 is 0 Å². The molecule has 5 heteroatoms. The third-order valence-electron chi connectivity index (χ3n) is 4.36. The zero-order valence-electron chi connectivity index (χ0n) is 12.8. The van der Waals surface area contributed by atoms with Gasteiger partial charge < -0.3 is 10.3 Å².